The van der Waals surface area contributed by atoms with Gasteiger partial charge in [-0.05, 0) is 132 Å². The highest BCUT2D eigenvalue weighted by atomic mass is 32.2. The van der Waals surface area contributed by atoms with Crippen LogP contribution < -0.4 is 81.4 Å². The third-order valence-electron chi connectivity index (χ3n) is 18.6. The number of aliphatic hydroxyl groups excluding tert-OH is 1. The molecule has 0 bridgehead atoms. The van der Waals surface area contributed by atoms with Crippen molar-refractivity contribution in [1.29, 1.82) is 5.41 Å². The Hall–Kier alpha value is -11.5. The van der Waals surface area contributed by atoms with Crippen LogP contribution in [0.15, 0.2) is 92.3 Å². The number of carboxylic acids is 1. The van der Waals surface area contributed by atoms with Crippen LogP contribution in [0.2, 0.25) is 0 Å². The topological polar surface area (TPSA) is 631 Å². The molecule has 12 atom stereocenters. The number of aromatic amines is 4. The molecule has 7 rings (SSSR count). The van der Waals surface area contributed by atoms with E-state index in [0.717, 1.165) is 0 Å². The summed E-state index contributed by atoms with van der Waals surface area (Å²) in [7, 11) is 0. The monoisotopic (exact) mass is 1580 g/mol. The number of carbonyl (C=O) groups excluding carboxylic acids is 11. The maximum absolute atomic E-state index is 15.1. The first-order chi connectivity index (χ1) is 53.8. The fraction of sp³-hybridized carbons (Fsp3) is 0.500. The van der Waals surface area contributed by atoms with Crippen molar-refractivity contribution in [3.05, 3.63) is 121 Å². The Bertz CT molecular complexity index is 4070. The number of nitrogens with two attached hydrogens (primary N) is 4. The molecular formula is C72H104N24O15S. The minimum atomic E-state index is -1.88. The van der Waals surface area contributed by atoms with Crippen LogP contribution in [0.25, 0.3) is 10.9 Å². The smallest absolute Gasteiger partial charge is 0.326 e. The number of benzene rings is 2. The molecule has 1 aliphatic rings. The highest BCUT2D eigenvalue weighted by Gasteiger charge is 2.40. The van der Waals surface area contributed by atoms with E-state index in [9.17, 15) is 63.3 Å². The molecule has 608 valence electrons. The predicted molar refractivity (Wildman–Crippen MR) is 411 cm³/mol. The number of carboxylic acid groups (broad SMARTS) is 1. The third kappa shape index (κ3) is 27.5. The number of nitrogens with zero attached hydrogens (tertiary/aromatic N) is 4. The zero-order valence-corrected chi connectivity index (χ0v) is 63.2. The van der Waals surface area contributed by atoms with E-state index >= 15 is 9.59 Å². The number of aliphatic hydroxyl groups is 1. The van der Waals surface area contributed by atoms with Gasteiger partial charge in [0, 0.05) is 80.9 Å². The first-order valence-corrected chi connectivity index (χ1v) is 38.4. The fourth-order valence-corrected chi connectivity index (χ4v) is 13.0. The molecule has 1 aliphatic heterocycles. The van der Waals surface area contributed by atoms with Crippen LogP contribution in [0.4, 0.5) is 0 Å². The summed E-state index contributed by atoms with van der Waals surface area (Å²) in [5, 5.41) is 68.6. The van der Waals surface area contributed by atoms with Gasteiger partial charge < -0.3 is 122 Å². The number of H-pyrrole nitrogens is 4. The van der Waals surface area contributed by atoms with Crippen molar-refractivity contribution in [1.82, 2.24) is 98.3 Å². The van der Waals surface area contributed by atoms with Gasteiger partial charge in [-0.2, -0.15) is 11.8 Å². The van der Waals surface area contributed by atoms with E-state index in [2.05, 4.69) is 93.4 Å². The Balaban J connectivity index is 1.13. The summed E-state index contributed by atoms with van der Waals surface area (Å²) in [6.07, 6.45) is 12.7. The summed E-state index contributed by atoms with van der Waals surface area (Å²) >= 11 is 1.40. The number of aromatic hydroxyl groups is 1. The predicted octanol–water partition coefficient (Wildman–Crippen LogP) is -3.91. The Morgan fingerprint density at radius 1 is 0.554 bits per heavy atom. The SMILES string of the molecule is CSCC[C@H](NC(=O)[C@@H]1CCCN1C(=O)[C@H](C)N)C(=O)N[C@@H](Cc1c[nH]cn1)C(=O)N[C@@H](CCCCN)C(=O)N[C@@H](Cc1ccc(O)cc1)C(=O)N[C@@H](Cc1c[nH]cn1)C(=O)N[C@@H](CO)C(=O)N[C@@H](Cc1c[nH]c2ccccc12)C(=O)N[C@@H](Cc1c[nH]cn1)C(=O)N[C@@H](CCCCN)C(=O)N[C@@H](CCCNC(=N)N)C(=O)O. The molecular weight excluding hydrogens is 1470 g/mol. The maximum Gasteiger partial charge on any atom is 0.326 e. The zero-order chi connectivity index (χ0) is 81.2. The lowest BCUT2D eigenvalue weighted by Crippen LogP contribution is -2.62. The second-order valence-corrected chi connectivity index (χ2v) is 28.2. The third-order valence-corrected chi connectivity index (χ3v) is 19.2. The number of thioether (sulfide) groups is 1. The van der Waals surface area contributed by atoms with Gasteiger partial charge in [-0.15, -0.1) is 0 Å². The average molecular weight is 1580 g/mol. The number of imidazole rings is 3. The minimum Gasteiger partial charge on any atom is -0.508 e. The van der Waals surface area contributed by atoms with E-state index < -0.39 is 150 Å². The number of aromatic nitrogens is 7. The summed E-state index contributed by atoms with van der Waals surface area (Å²) in [5.74, 6) is -10.9. The summed E-state index contributed by atoms with van der Waals surface area (Å²) < 4.78 is 0. The van der Waals surface area contributed by atoms with Crippen molar-refractivity contribution in [2.24, 2.45) is 22.9 Å². The molecule has 27 N–H and O–H groups in total. The van der Waals surface area contributed by atoms with Gasteiger partial charge in [0.05, 0.1) is 48.7 Å². The number of phenolic OH excluding ortho intramolecular Hbond substituents is 1. The van der Waals surface area contributed by atoms with Crippen LogP contribution in [0.3, 0.4) is 0 Å². The maximum atomic E-state index is 15.1. The van der Waals surface area contributed by atoms with Crippen molar-refractivity contribution in [2.75, 3.05) is 44.8 Å². The Morgan fingerprint density at radius 3 is 1.43 bits per heavy atom. The number of fused-ring (bicyclic) bond motifs is 1. The number of hydrogen-bond donors (Lipinski definition) is 23. The highest BCUT2D eigenvalue weighted by molar-refractivity contribution is 7.98. The van der Waals surface area contributed by atoms with Crippen LogP contribution in [-0.2, 0) is 89.6 Å². The lowest BCUT2D eigenvalue weighted by atomic mass is 10.0. The van der Waals surface area contributed by atoms with E-state index in [0.29, 0.717) is 72.1 Å². The van der Waals surface area contributed by atoms with Gasteiger partial charge in [0.15, 0.2) is 5.96 Å². The molecule has 39 nitrogen and oxygen atoms in total. The molecule has 112 heavy (non-hydrogen) atoms. The number of phenols is 1. The summed E-state index contributed by atoms with van der Waals surface area (Å²) in [4.78, 5) is 197. The summed E-state index contributed by atoms with van der Waals surface area (Å²) in [6, 6.07) is -4.27. The van der Waals surface area contributed by atoms with Gasteiger partial charge in [0.1, 0.15) is 72.2 Å². The van der Waals surface area contributed by atoms with Crippen LogP contribution in [0, 0.1) is 5.41 Å². The molecule has 0 unspecified atom stereocenters. The number of nitrogens with one attached hydrogen (secondary N) is 16. The lowest BCUT2D eigenvalue weighted by Gasteiger charge is -2.29. The fourth-order valence-electron chi connectivity index (χ4n) is 12.6. The molecule has 1 saturated heterocycles. The van der Waals surface area contributed by atoms with Gasteiger partial charge >= 0.3 is 5.97 Å². The molecule has 1 fully saturated rings. The lowest BCUT2D eigenvalue weighted by molar-refractivity contribution is -0.142. The number of para-hydroxylation sites is 1. The van der Waals surface area contributed by atoms with E-state index in [1.807, 2.05) is 0 Å². The largest absolute Gasteiger partial charge is 0.508 e. The quantitative estimate of drug-likeness (QED) is 0.00986. The average Bonchev–Trinajstić information content (AvgIpc) is 1.65. The van der Waals surface area contributed by atoms with Crippen molar-refractivity contribution in [3.63, 3.8) is 0 Å². The first-order valence-electron chi connectivity index (χ1n) is 37.0. The number of likely N-dealkylation sites (tertiary alicyclic amines) is 1. The summed E-state index contributed by atoms with van der Waals surface area (Å²) in [5.41, 5.74) is 25.3. The molecule has 0 aliphatic carbocycles. The van der Waals surface area contributed by atoms with E-state index in [1.54, 1.807) is 36.7 Å². The van der Waals surface area contributed by atoms with Gasteiger partial charge in [0.2, 0.25) is 65.0 Å². The molecule has 11 amide bonds. The molecule has 2 aromatic carbocycles. The number of rotatable bonds is 48. The van der Waals surface area contributed by atoms with E-state index in [1.165, 1.54) is 85.4 Å². The van der Waals surface area contributed by atoms with Gasteiger partial charge in [-0.3, -0.25) is 58.1 Å². The number of amides is 11. The number of aliphatic carboxylic acids is 1. The van der Waals surface area contributed by atoms with Crippen molar-refractivity contribution in [2.45, 2.75) is 182 Å². The van der Waals surface area contributed by atoms with Crippen LogP contribution in [0.1, 0.15) is 106 Å². The van der Waals surface area contributed by atoms with Crippen LogP contribution in [0.5, 0.6) is 5.75 Å². The second-order valence-electron chi connectivity index (χ2n) is 27.2. The van der Waals surface area contributed by atoms with Crippen molar-refractivity contribution < 1.29 is 72.9 Å². The zero-order valence-electron chi connectivity index (χ0n) is 62.4. The Kier molecular flexibility index (Phi) is 35.2. The van der Waals surface area contributed by atoms with E-state index in [-0.39, 0.29) is 113 Å². The molecule has 0 spiro atoms. The molecule has 0 radical (unpaired) electrons. The number of unbranched alkanes of at least 4 members (excludes halogenated alkanes) is 2. The highest BCUT2D eigenvalue weighted by Crippen LogP contribution is 2.22. The van der Waals surface area contributed by atoms with Crippen LogP contribution >= 0.6 is 11.8 Å². The van der Waals surface area contributed by atoms with Gasteiger partial charge in [0.25, 0.3) is 0 Å². The standard InChI is InChI=1S/C72H104N24O15S/c1-40(75)70(109)96-25-10-16-59(96)69(108)88-51(21-26-112-2)62(101)92-55(29-43-33-78-37-83-43)65(104)87-50(14-6-8-23-74)61(100)90-53(27-41-17-19-46(98)20-18-41)63(102)93-57(31-45-35-80-39-85-45)67(106)95-58(36-97)68(107)91-54(28-42-32-82-48-12-4-3-11-47(42)48)64(103)94-56(30-44-34-79-38-84-44)66(105)86-49(13-5-7-22-73)60(99)89-52(71(110)111)15-9-24-81-72(76)77/h3-4,11-12,17-20,32-35,37-40,49-59,82,97-98H,5-10,13-16,21-31,36,73-75H2,1-2H3,(H,78,83)(H,79,84)(H,80,85)(H,86,105)(H,87,104)(H,88,108)(H,89,99)(H,90,100)(H,91,107)(H,92,101)(H,93,102)(H,94,103)(H,95,106)(H,110,111)(H4,76,77,81)/t40-,49-,50-,51-,52-,53-,54-,55-,56-,57-,58-,59-/m0/s1. The van der Waals surface area contributed by atoms with Crippen LogP contribution in [-0.4, -0.2) is 249 Å². The molecule has 6 aromatic rings. The molecule has 5 heterocycles. The molecule has 0 saturated carbocycles. The van der Waals surface area contributed by atoms with Gasteiger partial charge in [-0.25, -0.2) is 19.7 Å². The second kappa shape index (κ2) is 45.0. The minimum absolute atomic E-state index is 0.0145. The number of hydrogen-bond acceptors (Lipinski definition) is 22. The summed E-state index contributed by atoms with van der Waals surface area (Å²) in [6.45, 7) is 1.24. The first kappa shape index (κ1) is 87.7. The van der Waals surface area contributed by atoms with E-state index in [4.69, 9.17) is 28.3 Å². The van der Waals surface area contributed by atoms with Crippen molar-refractivity contribution >= 4 is 99.6 Å². The van der Waals surface area contributed by atoms with Crippen molar-refractivity contribution in [3.8, 4) is 5.75 Å². The normalized spacial score (nSPS) is 15.6. The molecule has 40 heteroatoms. The Morgan fingerprint density at radius 2 is 0.982 bits per heavy atom. The number of carbonyl (C=O) groups is 12. The number of guanidine groups is 1. The molecule has 4 aromatic heterocycles. The Labute approximate surface area is 649 Å². The van der Waals surface area contributed by atoms with Gasteiger partial charge in [-0.1, -0.05) is 30.3 Å².